The molecule has 0 bridgehead atoms. The van der Waals surface area contributed by atoms with E-state index in [1.54, 1.807) is 0 Å². The Morgan fingerprint density at radius 2 is 1.86 bits per heavy atom. The number of anilines is 2. The summed E-state index contributed by atoms with van der Waals surface area (Å²) in [7, 11) is 2.14. The third-order valence-electron chi connectivity index (χ3n) is 5.76. The summed E-state index contributed by atoms with van der Waals surface area (Å²) in [6.45, 7) is 5.90. The van der Waals surface area contributed by atoms with E-state index < -0.39 is 0 Å². The van der Waals surface area contributed by atoms with E-state index in [0.29, 0.717) is 26.1 Å². The summed E-state index contributed by atoms with van der Waals surface area (Å²) >= 11 is 0. The van der Waals surface area contributed by atoms with Crippen LogP contribution in [0.2, 0.25) is 0 Å². The number of rotatable bonds is 3. The van der Waals surface area contributed by atoms with Gasteiger partial charge in [0.15, 0.2) is 0 Å². The normalized spacial score (nSPS) is 20.1. The molecule has 3 aliphatic heterocycles. The molecule has 0 spiro atoms. The van der Waals surface area contributed by atoms with Crippen molar-refractivity contribution in [2.45, 2.75) is 19.5 Å². The molecule has 0 unspecified atom stereocenters. The molecule has 1 N–H and O–H groups in total. The SMILES string of the molecule is CN1CCN(c2nc3n(n2)CC2=C(CC(=O)N(Cc4ccccc4)C2)N3)CC1. The van der Waals surface area contributed by atoms with E-state index in [0.717, 1.165) is 49.3 Å². The van der Waals surface area contributed by atoms with Crippen molar-refractivity contribution in [1.82, 2.24) is 24.6 Å². The number of aromatic nitrogens is 3. The van der Waals surface area contributed by atoms with Crippen molar-refractivity contribution in [2.24, 2.45) is 0 Å². The zero-order valence-electron chi connectivity index (χ0n) is 16.1. The standard InChI is InChI=1S/C20H25N7O/c1-24-7-9-25(10-8-24)20-22-19-21-17-11-18(28)26(12-15-5-3-2-4-6-15)13-16(17)14-27(19)23-20/h2-6H,7-14H2,1H3,(H,21,22,23). The molecule has 2 aromatic rings. The van der Waals surface area contributed by atoms with E-state index >= 15 is 0 Å². The predicted octanol–water partition coefficient (Wildman–Crippen LogP) is 1.14. The van der Waals surface area contributed by atoms with Gasteiger partial charge < -0.3 is 20.0 Å². The number of hydrogen-bond donors (Lipinski definition) is 1. The molecule has 0 aliphatic carbocycles. The third kappa shape index (κ3) is 3.24. The molecule has 5 rings (SSSR count). The van der Waals surface area contributed by atoms with Gasteiger partial charge in [0.1, 0.15) is 0 Å². The van der Waals surface area contributed by atoms with Gasteiger partial charge in [-0.3, -0.25) is 4.79 Å². The van der Waals surface area contributed by atoms with Crippen LogP contribution in [0.5, 0.6) is 0 Å². The Kier molecular flexibility index (Phi) is 4.27. The number of carbonyl (C=O) groups excluding carboxylic acids is 1. The van der Waals surface area contributed by atoms with E-state index in [9.17, 15) is 4.79 Å². The van der Waals surface area contributed by atoms with Gasteiger partial charge in [0.25, 0.3) is 0 Å². The van der Waals surface area contributed by atoms with Gasteiger partial charge in [-0.15, -0.1) is 5.10 Å². The van der Waals surface area contributed by atoms with Gasteiger partial charge in [0.05, 0.1) is 13.0 Å². The van der Waals surface area contributed by atoms with Gasteiger partial charge in [-0.2, -0.15) is 4.98 Å². The summed E-state index contributed by atoms with van der Waals surface area (Å²) in [6.07, 6.45) is 0.402. The summed E-state index contributed by atoms with van der Waals surface area (Å²) in [5.74, 6) is 1.68. The van der Waals surface area contributed by atoms with Crippen molar-refractivity contribution in [3.05, 3.63) is 47.2 Å². The molecule has 0 saturated carbocycles. The number of amides is 1. The Bertz CT molecular complexity index is 912. The van der Waals surface area contributed by atoms with E-state index in [2.05, 4.69) is 34.3 Å². The Morgan fingerprint density at radius 3 is 2.64 bits per heavy atom. The average molecular weight is 379 g/mol. The lowest BCUT2D eigenvalue weighted by molar-refractivity contribution is -0.131. The lowest BCUT2D eigenvalue weighted by Crippen LogP contribution is -2.45. The lowest BCUT2D eigenvalue weighted by atomic mass is 10.0. The van der Waals surface area contributed by atoms with Crippen molar-refractivity contribution < 1.29 is 4.79 Å². The number of likely N-dealkylation sites (N-methyl/N-ethyl adjacent to an activating group) is 1. The highest BCUT2D eigenvalue weighted by molar-refractivity contribution is 5.82. The molecule has 8 heteroatoms. The van der Waals surface area contributed by atoms with Gasteiger partial charge in [0.2, 0.25) is 17.8 Å². The second-order valence-electron chi connectivity index (χ2n) is 7.80. The van der Waals surface area contributed by atoms with Gasteiger partial charge >= 0.3 is 0 Å². The van der Waals surface area contributed by atoms with Crippen molar-refractivity contribution >= 4 is 17.8 Å². The van der Waals surface area contributed by atoms with E-state index in [-0.39, 0.29) is 5.91 Å². The Labute approximate surface area is 164 Å². The van der Waals surface area contributed by atoms with Crippen LogP contribution >= 0.6 is 0 Å². The number of nitrogens with one attached hydrogen (secondary N) is 1. The van der Waals surface area contributed by atoms with E-state index in [1.165, 1.54) is 5.57 Å². The van der Waals surface area contributed by atoms with Gasteiger partial charge in [-0.1, -0.05) is 30.3 Å². The number of piperazine rings is 1. The highest BCUT2D eigenvalue weighted by Crippen LogP contribution is 2.29. The quantitative estimate of drug-likeness (QED) is 0.863. The fourth-order valence-corrected chi connectivity index (χ4v) is 4.02. The molecule has 1 aromatic carbocycles. The Hall–Kier alpha value is -2.87. The zero-order chi connectivity index (χ0) is 19.1. The fourth-order valence-electron chi connectivity index (χ4n) is 4.02. The van der Waals surface area contributed by atoms with Gasteiger partial charge in [-0.05, 0) is 18.2 Å². The first-order valence-electron chi connectivity index (χ1n) is 9.84. The molecule has 0 radical (unpaired) electrons. The average Bonchev–Trinajstić information content (AvgIpc) is 3.11. The van der Waals surface area contributed by atoms with E-state index in [4.69, 9.17) is 10.1 Å². The highest BCUT2D eigenvalue weighted by atomic mass is 16.2. The highest BCUT2D eigenvalue weighted by Gasteiger charge is 2.31. The van der Waals surface area contributed by atoms with Crippen LogP contribution in [0.1, 0.15) is 12.0 Å². The van der Waals surface area contributed by atoms with Gasteiger partial charge in [-0.25, -0.2) is 4.68 Å². The topological polar surface area (TPSA) is 69.5 Å². The zero-order valence-corrected chi connectivity index (χ0v) is 16.1. The summed E-state index contributed by atoms with van der Waals surface area (Å²) in [5.41, 5.74) is 3.37. The molecule has 4 heterocycles. The number of fused-ring (bicyclic) bond motifs is 1. The van der Waals surface area contributed by atoms with Crippen LogP contribution in [0.25, 0.3) is 0 Å². The molecule has 1 amide bonds. The van der Waals surface area contributed by atoms with Crippen molar-refractivity contribution in [2.75, 3.05) is 50.0 Å². The smallest absolute Gasteiger partial charge is 0.246 e. The minimum absolute atomic E-state index is 0.155. The molecule has 3 aliphatic rings. The molecular formula is C20H25N7O. The monoisotopic (exact) mass is 379 g/mol. The number of hydrogen-bond acceptors (Lipinski definition) is 6. The van der Waals surface area contributed by atoms with Crippen LogP contribution < -0.4 is 10.2 Å². The minimum atomic E-state index is 0.155. The van der Waals surface area contributed by atoms with Gasteiger partial charge in [0, 0.05) is 45.0 Å². The Balaban J connectivity index is 1.31. The summed E-state index contributed by atoms with van der Waals surface area (Å²) in [4.78, 5) is 23.8. The number of benzene rings is 1. The molecule has 1 fully saturated rings. The molecule has 1 saturated heterocycles. The first-order valence-corrected chi connectivity index (χ1v) is 9.84. The minimum Gasteiger partial charge on any atom is -0.337 e. The molecule has 28 heavy (non-hydrogen) atoms. The maximum Gasteiger partial charge on any atom is 0.246 e. The maximum absolute atomic E-state index is 12.6. The van der Waals surface area contributed by atoms with Crippen LogP contribution in [-0.2, 0) is 17.9 Å². The number of nitrogens with zero attached hydrogens (tertiary/aromatic N) is 6. The second kappa shape index (κ2) is 6.94. The Morgan fingerprint density at radius 1 is 1.07 bits per heavy atom. The summed E-state index contributed by atoms with van der Waals surface area (Å²) in [5, 5.41) is 8.10. The first-order chi connectivity index (χ1) is 13.7. The van der Waals surface area contributed by atoms with Crippen LogP contribution in [0.4, 0.5) is 11.9 Å². The van der Waals surface area contributed by atoms with Crippen LogP contribution in [0.3, 0.4) is 0 Å². The molecule has 0 atom stereocenters. The van der Waals surface area contributed by atoms with Crippen molar-refractivity contribution in [1.29, 1.82) is 0 Å². The molecule has 8 nitrogen and oxygen atoms in total. The van der Waals surface area contributed by atoms with Crippen LogP contribution in [-0.4, -0.2) is 70.2 Å². The first kappa shape index (κ1) is 17.2. The van der Waals surface area contributed by atoms with Crippen LogP contribution in [0, 0.1) is 0 Å². The second-order valence-corrected chi connectivity index (χ2v) is 7.80. The van der Waals surface area contributed by atoms with E-state index in [1.807, 2.05) is 27.8 Å². The number of carbonyl (C=O) groups is 1. The third-order valence-corrected chi connectivity index (χ3v) is 5.76. The molecular weight excluding hydrogens is 354 g/mol. The fraction of sp³-hybridized carbons (Fsp3) is 0.450. The summed E-state index contributed by atoms with van der Waals surface area (Å²) < 4.78 is 1.93. The summed E-state index contributed by atoms with van der Waals surface area (Å²) in [6, 6.07) is 10.1. The predicted molar refractivity (Wildman–Crippen MR) is 107 cm³/mol. The lowest BCUT2D eigenvalue weighted by Gasteiger charge is -2.33. The van der Waals surface area contributed by atoms with Crippen LogP contribution in [0.15, 0.2) is 41.6 Å². The van der Waals surface area contributed by atoms with Crippen molar-refractivity contribution in [3.63, 3.8) is 0 Å². The maximum atomic E-state index is 12.6. The molecule has 146 valence electrons. The van der Waals surface area contributed by atoms with Crippen molar-refractivity contribution in [3.8, 4) is 0 Å². The molecule has 1 aromatic heterocycles. The largest absolute Gasteiger partial charge is 0.337 e.